The zero-order chi connectivity index (χ0) is 21.8. The number of carbonyl (C=O) groups excluding carboxylic acids is 2. The molecule has 7 nitrogen and oxygen atoms in total. The van der Waals surface area contributed by atoms with Crippen LogP contribution < -0.4 is 14.5 Å². The van der Waals surface area contributed by atoms with Crippen molar-refractivity contribution in [2.45, 2.75) is 43.9 Å². The summed E-state index contributed by atoms with van der Waals surface area (Å²) in [5.74, 6) is 0.301. The number of hydrogen-bond donors (Lipinski definition) is 1. The third-order valence-corrected chi connectivity index (χ3v) is 7.66. The van der Waals surface area contributed by atoms with Crippen molar-refractivity contribution in [2.75, 3.05) is 27.6 Å². The fraction of sp³-hybridized carbons (Fsp3) is 0.391. The maximum Gasteiger partial charge on any atom is 0.261 e. The highest BCUT2D eigenvalue weighted by atomic mass is 32.2. The maximum absolute atomic E-state index is 13.0. The number of benzene rings is 2. The zero-order valence-electron chi connectivity index (χ0n) is 17.4. The van der Waals surface area contributed by atoms with E-state index in [1.807, 2.05) is 17.0 Å². The van der Waals surface area contributed by atoms with Gasteiger partial charge in [-0.05, 0) is 79.6 Å². The van der Waals surface area contributed by atoms with E-state index in [2.05, 4.69) is 4.72 Å². The Hall–Kier alpha value is -2.87. The Morgan fingerprint density at radius 1 is 0.935 bits per heavy atom. The molecule has 0 atom stereocenters. The van der Waals surface area contributed by atoms with Crippen LogP contribution in [0.3, 0.4) is 0 Å². The molecule has 2 aliphatic heterocycles. The zero-order valence-corrected chi connectivity index (χ0v) is 18.2. The Bertz CT molecular complexity index is 1190. The smallest absolute Gasteiger partial charge is 0.261 e. The van der Waals surface area contributed by atoms with Crippen LogP contribution in [0.1, 0.15) is 37.3 Å². The number of carbonyl (C=O) groups is 2. The van der Waals surface area contributed by atoms with Gasteiger partial charge in [0.25, 0.3) is 10.0 Å². The van der Waals surface area contributed by atoms with E-state index in [0.29, 0.717) is 18.8 Å². The number of fused-ring (bicyclic) bond motifs is 2. The Morgan fingerprint density at radius 3 is 2.39 bits per heavy atom. The highest BCUT2D eigenvalue weighted by Gasteiger charge is 2.36. The molecule has 0 unspecified atom stereocenters. The number of nitrogens with one attached hydrogen (secondary N) is 1. The van der Waals surface area contributed by atoms with E-state index in [1.165, 1.54) is 6.92 Å². The van der Waals surface area contributed by atoms with E-state index in [4.69, 9.17) is 0 Å². The van der Waals surface area contributed by atoms with Crippen molar-refractivity contribution < 1.29 is 18.0 Å². The first-order valence-electron chi connectivity index (χ1n) is 10.7. The van der Waals surface area contributed by atoms with Crippen LogP contribution in [0.15, 0.2) is 41.3 Å². The van der Waals surface area contributed by atoms with Crippen molar-refractivity contribution in [3.8, 4) is 0 Å². The average Bonchev–Trinajstić information content (AvgIpc) is 3.51. The third-order valence-electron chi connectivity index (χ3n) is 6.28. The molecule has 1 aliphatic carbocycles. The van der Waals surface area contributed by atoms with Crippen LogP contribution in [-0.4, -0.2) is 33.3 Å². The van der Waals surface area contributed by atoms with Crippen LogP contribution in [0.25, 0.3) is 0 Å². The number of rotatable bonds is 4. The predicted octanol–water partition coefficient (Wildman–Crippen LogP) is 3.09. The van der Waals surface area contributed by atoms with Gasteiger partial charge in [-0.15, -0.1) is 0 Å². The molecule has 1 saturated carbocycles. The van der Waals surface area contributed by atoms with Gasteiger partial charge < -0.3 is 9.80 Å². The second-order valence-corrected chi connectivity index (χ2v) is 10.2. The molecule has 2 amide bonds. The first kappa shape index (κ1) is 20.1. The van der Waals surface area contributed by atoms with Crippen molar-refractivity contribution in [3.63, 3.8) is 0 Å². The lowest BCUT2D eigenvalue weighted by Crippen LogP contribution is -2.33. The number of nitrogens with zero attached hydrogens (tertiary/aromatic N) is 2. The first-order valence-corrected chi connectivity index (χ1v) is 12.2. The largest absolute Gasteiger partial charge is 0.312 e. The topological polar surface area (TPSA) is 86.8 Å². The van der Waals surface area contributed by atoms with Gasteiger partial charge in [-0.1, -0.05) is 0 Å². The SMILES string of the molecule is CC(=O)N1CCCc2cc(S(=O)(=O)Nc3ccc4c(c3)CCN4C(=O)C3CC3)ccc21. The molecular formula is C23H25N3O4S. The Morgan fingerprint density at radius 2 is 1.65 bits per heavy atom. The molecule has 5 rings (SSSR count). The average molecular weight is 440 g/mol. The minimum Gasteiger partial charge on any atom is -0.312 e. The molecule has 1 fully saturated rings. The molecular weight excluding hydrogens is 414 g/mol. The Balaban J connectivity index is 1.38. The molecule has 2 heterocycles. The molecule has 2 aromatic rings. The van der Waals surface area contributed by atoms with E-state index >= 15 is 0 Å². The summed E-state index contributed by atoms with van der Waals surface area (Å²) in [7, 11) is -3.77. The summed E-state index contributed by atoms with van der Waals surface area (Å²) in [4.78, 5) is 28.0. The van der Waals surface area contributed by atoms with Crippen LogP contribution in [0.5, 0.6) is 0 Å². The standard InChI is InChI=1S/C23H25N3O4S/c1-15(27)25-11-2-3-17-14-20(7-9-21(17)25)31(29,30)24-19-6-8-22-18(13-19)10-12-26(22)23(28)16-4-5-16/h6-9,13-14,16,24H,2-5,10-12H2,1H3. The van der Waals surface area contributed by atoms with Gasteiger partial charge in [-0.2, -0.15) is 0 Å². The number of hydrogen-bond acceptors (Lipinski definition) is 4. The molecule has 2 aromatic carbocycles. The normalized spacial score (nSPS) is 17.8. The number of anilines is 3. The summed E-state index contributed by atoms with van der Waals surface area (Å²) in [5.41, 5.74) is 4.01. The summed E-state index contributed by atoms with van der Waals surface area (Å²) in [6, 6.07) is 10.3. The van der Waals surface area contributed by atoms with Gasteiger partial charge in [-0.3, -0.25) is 14.3 Å². The van der Waals surface area contributed by atoms with E-state index in [0.717, 1.165) is 54.6 Å². The van der Waals surface area contributed by atoms with Crippen LogP contribution in [0, 0.1) is 5.92 Å². The predicted molar refractivity (Wildman–Crippen MR) is 119 cm³/mol. The highest BCUT2D eigenvalue weighted by molar-refractivity contribution is 7.92. The van der Waals surface area contributed by atoms with Crippen LogP contribution in [-0.2, 0) is 32.5 Å². The summed E-state index contributed by atoms with van der Waals surface area (Å²) in [6.07, 6.45) is 4.21. The Labute approximate surface area is 182 Å². The lowest BCUT2D eigenvalue weighted by molar-refractivity contribution is -0.119. The summed E-state index contributed by atoms with van der Waals surface area (Å²) in [5, 5.41) is 0. The fourth-order valence-corrected chi connectivity index (χ4v) is 5.63. The van der Waals surface area contributed by atoms with Gasteiger partial charge >= 0.3 is 0 Å². The molecule has 1 N–H and O–H groups in total. The summed E-state index contributed by atoms with van der Waals surface area (Å²) < 4.78 is 28.7. The minimum absolute atomic E-state index is 0.0398. The fourth-order valence-electron chi connectivity index (χ4n) is 4.53. The second kappa shape index (κ2) is 7.37. The van der Waals surface area contributed by atoms with Crippen molar-refractivity contribution in [1.82, 2.24) is 0 Å². The van der Waals surface area contributed by atoms with Crippen LogP contribution in [0.4, 0.5) is 17.1 Å². The van der Waals surface area contributed by atoms with Crippen molar-refractivity contribution >= 4 is 38.9 Å². The maximum atomic E-state index is 13.0. The van der Waals surface area contributed by atoms with Gasteiger partial charge in [0, 0.05) is 43.0 Å². The molecule has 31 heavy (non-hydrogen) atoms. The second-order valence-electron chi connectivity index (χ2n) is 8.53. The molecule has 0 saturated heterocycles. The van der Waals surface area contributed by atoms with Crippen LogP contribution in [0.2, 0.25) is 0 Å². The van der Waals surface area contributed by atoms with Crippen molar-refractivity contribution in [2.24, 2.45) is 5.92 Å². The van der Waals surface area contributed by atoms with Crippen LogP contribution >= 0.6 is 0 Å². The molecule has 162 valence electrons. The van der Waals surface area contributed by atoms with Gasteiger partial charge in [0.15, 0.2) is 0 Å². The van der Waals surface area contributed by atoms with Gasteiger partial charge in [0.2, 0.25) is 11.8 Å². The quantitative estimate of drug-likeness (QED) is 0.793. The molecule has 0 spiro atoms. The molecule has 3 aliphatic rings. The monoisotopic (exact) mass is 439 g/mol. The first-order chi connectivity index (χ1) is 14.8. The van der Waals surface area contributed by atoms with E-state index in [-0.39, 0.29) is 22.6 Å². The number of amides is 2. The molecule has 0 bridgehead atoms. The van der Waals surface area contributed by atoms with E-state index < -0.39 is 10.0 Å². The van der Waals surface area contributed by atoms with Crippen molar-refractivity contribution in [1.29, 1.82) is 0 Å². The number of sulfonamides is 1. The third kappa shape index (κ3) is 3.69. The lowest BCUT2D eigenvalue weighted by Gasteiger charge is -2.28. The summed E-state index contributed by atoms with van der Waals surface area (Å²) in [6.45, 7) is 2.83. The van der Waals surface area contributed by atoms with E-state index in [9.17, 15) is 18.0 Å². The van der Waals surface area contributed by atoms with Gasteiger partial charge in [-0.25, -0.2) is 8.42 Å². The van der Waals surface area contributed by atoms with Gasteiger partial charge in [0.05, 0.1) is 4.90 Å². The molecule has 0 aromatic heterocycles. The van der Waals surface area contributed by atoms with Gasteiger partial charge in [0.1, 0.15) is 0 Å². The molecule has 8 heteroatoms. The number of aryl methyl sites for hydroxylation is 1. The summed E-state index contributed by atoms with van der Waals surface area (Å²) >= 11 is 0. The van der Waals surface area contributed by atoms with E-state index in [1.54, 1.807) is 29.2 Å². The Kier molecular flexibility index (Phi) is 4.77. The lowest BCUT2D eigenvalue weighted by atomic mass is 10.0. The minimum atomic E-state index is -3.77. The van der Waals surface area contributed by atoms with Crippen molar-refractivity contribution in [3.05, 3.63) is 47.5 Å². The molecule has 0 radical (unpaired) electrons. The highest BCUT2D eigenvalue weighted by Crippen LogP contribution is 2.37.